The Kier molecular flexibility index (Phi) is 7.14. The highest BCUT2D eigenvalue weighted by molar-refractivity contribution is 5.92. The van der Waals surface area contributed by atoms with Crippen molar-refractivity contribution in [3.63, 3.8) is 0 Å². The molecule has 1 amide bonds. The summed E-state index contributed by atoms with van der Waals surface area (Å²) in [6.07, 6.45) is 9.56. The molecule has 1 aliphatic rings. The number of hydrogen-bond acceptors (Lipinski definition) is 3. The monoisotopic (exact) mass is 328 g/mol. The molecule has 4 heteroatoms. The van der Waals surface area contributed by atoms with Gasteiger partial charge in [-0.1, -0.05) is 19.1 Å². The van der Waals surface area contributed by atoms with E-state index >= 15 is 0 Å². The van der Waals surface area contributed by atoms with Crippen molar-refractivity contribution in [2.75, 3.05) is 38.3 Å². The zero-order chi connectivity index (χ0) is 17.4. The van der Waals surface area contributed by atoms with Crippen molar-refractivity contribution in [1.82, 2.24) is 4.90 Å². The topological polar surface area (TPSA) is 32.8 Å². The van der Waals surface area contributed by atoms with Crippen molar-refractivity contribution in [2.24, 2.45) is 0 Å². The molecule has 2 rings (SSSR count). The van der Waals surface area contributed by atoms with Crippen LogP contribution in [0.4, 0.5) is 5.69 Å². The van der Waals surface area contributed by atoms with Gasteiger partial charge in [0.15, 0.2) is 0 Å². The molecule has 4 nitrogen and oxygen atoms in total. The summed E-state index contributed by atoms with van der Waals surface area (Å²) in [6, 6.07) is 6.57. The molecule has 0 aliphatic carbocycles. The zero-order valence-electron chi connectivity index (χ0n) is 14.9. The average molecular weight is 328 g/mol. The molecule has 0 fully saturated rings. The molecule has 0 N–H and O–H groups in total. The summed E-state index contributed by atoms with van der Waals surface area (Å²) in [5.74, 6) is 1.98. The number of methoxy groups -OCH3 is 1. The largest absolute Gasteiger partial charge is 0.385 e. The molecular weight excluding hydrogens is 300 g/mol. The highest BCUT2D eigenvalue weighted by Gasteiger charge is 2.18. The lowest BCUT2D eigenvalue weighted by Crippen LogP contribution is -2.32. The van der Waals surface area contributed by atoms with Crippen molar-refractivity contribution in [3.8, 4) is 12.3 Å². The van der Waals surface area contributed by atoms with Gasteiger partial charge in [-0.2, -0.15) is 0 Å². The first-order valence-electron chi connectivity index (χ1n) is 8.80. The molecule has 1 heterocycles. The molecule has 0 atom stereocenters. The van der Waals surface area contributed by atoms with E-state index in [-0.39, 0.29) is 5.91 Å². The average Bonchev–Trinajstić information content (AvgIpc) is 2.60. The maximum absolute atomic E-state index is 12.0. The van der Waals surface area contributed by atoms with E-state index in [9.17, 15) is 4.79 Å². The van der Waals surface area contributed by atoms with Gasteiger partial charge in [-0.3, -0.25) is 4.79 Å². The van der Waals surface area contributed by atoms with Crippen LogP contribution >= 0.6 is 0 Å². The van der Waals surface area contributed by atoms with E-state index in [0.29, 0.717) is 19.7 Å². The third kappa shape index (κ3) is 4.75. The Labute approximate surface area is 145 Å². The van der Waals surface area contributed by atoms with Crippen LogP contribution < -0.4 is 4.90 Å². The van der Waals surface area contributed by atoms with Gasteiger partial charge in [0.2, 0.25) is 0 Å². The summed E-state index contributed by atoms with van der Waals surface area (Å²) in [5, 5.41) is 0. The number of ether oxygens (including phenoxy) is 1. The van der Waals surface area contributed by atoms with Crippen LogP contribution in [-0.2, 0) is 22.5 Å². The predicted octanol–water partition coefficient (Wildman–Crippen LogP) is 2.85. The number of anilines is 1. The first kappa shape index (κ1) is 18.4. The van der Waals surface area contributed by atoms with Gasteiger partial charge in [0.25, 0.3) is 5.91 Å². The fraction of sp³-hybridized carbons (Fsp3) is 0.550. The summed E-state index contributed by atoms with van der Waals surface area (Å²) in [5.41, 5.74) is 3.88. The number of carbonyl (C=O) groups is 1. The minimum Gasteiger partial charge on any atom is -0.385 e. The lowest BCUT2D eigenvalue weighted by molar-refractivity contribution is -0.125. The van der Waals surface area contributed by atoms with Crippen LogP contribution in [-0.4, -0.2) is 44.2 Å². The Balaban J connectivity index is 2.10. The van der Waals surface area contributed by atoms with Crippen LogP contribution in [0, 0.1) is 12.3 Å². The van der Waals surface area contributed by atoms with Gasteiger partial charge < -0.3 is 14.5 Å². The third-order valence-corrected chi connectivity index (χ3v) is 4.41. The van der Waals surface area contributed by atoms with Gasteiger partial charge in [0, 0.05) is 45.6 Å². The first-order chi connectivity index (χ1) is 11.7. The molecule has 0 radical (unpaired) electrons. The SMILES string of the molecule is C#CC(=O)N(CCCOC)Cc1ccc2c(c1)CCCN2CCC. The van der Waals surface area contributed by atoms with Gasteiger partial charge in [-0.25, -0.2) is 0 Å². The van der Waals surface area contributed by atoms with E-state index in [1.54, 1.807) is 12.0 Å². The number of aryl methyl sites for hydroxylation is 1. The van der Waals surface area contributed by atoms with Crippen LogP contribution in [0.3, 0.4) is 0 Å². The fourth-order valence-electron chi connectivity index (χ4n) is 3.29. The maximum Gasteiger partial charge on any atom is 0.298 e. The summed E-state index contributed by atoms with van der Waals surface area (Å²) in [6.45, 7) is 6.27. The molecule has 130 valence electrons. The molecule has 24 heavy (non-hydrogen) atoms. The molecule has 0 aromatic heterocycles. The Hall–Kier alpha value is -1.99. The van der Waals surface area contributed by atoms with Crippen LogP contribution in [0.2, 0.25) is 0 Å². The Bertz CT molecular complexity index is 592. The second-order valence-corrected chi connectivity index (χ2v) is 6.27. The quantitative estimate of drug-likeness (QED) is 0.543. The van der Waals surface area contributed by atoms with Gasteiger partial charge in [-0.15, -0.1) is 6.42 Å². The zero-order valence-corrected chi connectivity index (χ0v) is 14.9. The van der Waals surface area contributed by atoms with E-state index in [4.69, 9.17) is 11.2 Å². The molecule has 1 aliphatic heterocycles. The number of benzene rings is 1. The Morgan fingerprint density at radius 1 is 1.46 bits per heavy atom. The lowest BCUT2D eigenvalue weighted by Gasteiger charge is -2.31. The lowest BCUT2D eigenvalue weighted by atomic mass is 9.98. The van der Waals surface area contributed by atoms with Gasteiger partial charge in [-0.05, 0) is 48.8 Å². The molecule has 0 spiro atoms. The second kappa shape index (κ2) is 9.34. The number of terminal acetylenes is 1. The summed E-state index contributed by atoms with van der Waals surface area (Å²) in [7, 11) is 1.67. The van der Waals surface area contributed by atoms with Gasteiger partial charge in [0.1, 0.15) is 0 Å². The predicted molar refractivity (Wildman–Crippen MR) is 98.0 cm³/mol. The summed E-state index contributed by atoms with van der Waals surface area (Å²) in [4.78, 5) is 16.2. The summed E-state index contributed by atoms with van der Waals surface area (Å²) < 4.78 is 5.07. The number of amides is 1. The van der Waals surface area contributed by atoms with Crippen molar-refractivity contribution >= 4 is 11.6 Å². The normalized spacial score (nSPS) is 13.3. The molecule has 0 saturated carbocycles. The fourth-order valence-corrected chi connectivity index (χ4v) is 3.29. The third-order valence-electron chi connectivity index (χ3n) is 4.41. The van der Waals surface area contributed by atoms with Crippen molar-refractivity contribution in [3.05, 3.63) is 29.3 Å². The van der Waals surface area contributed by atoms with Crippen LogP contribution in [0.25, 0.3) is 0 Å². The van der Waals surface area contributed by atoms with E-state index in [0.717, 1.165) is 37.9 Å². The molecule has 1 aromatic rings. The van der Waals surface area contributed by atoms with Crippen molar-refractivity contribution in [1.29, 1.82) is 0 Å². The van der Waals surface area contributed by atoms with E-state index in [2.05, 4.69) is 35.9 Å². The Morgan fingerprint density at radius 2 is 2.29 bits per heavy atom. The standard InChI is InChI=1S/C20H28N2O2/c1-4-11-21-12-6-8-18-15-17(9-10-19(18)21)16-22(20(23)5-2)13-7-14-24-3/h2,9-10,15H,4,6-8,11-14,16H2,1,3H3. The van der Waals surface area contributed by atoms with Crippen LogP contribution in [0.1, 0.15) is 37.3 Å². The molecule has 0 unspecified atom stereocenters. The molecular formula is C20H28N2O2. The highest BCUT2D eigenvalue weighted by Crippen LogP contribution is 2.28. The smallest absolute Gasteiger partial charge is 0.298 e. The van der Waals surface area contributed by atoms with E-state index in [1.807, 2.05) is 0 Å². The van der Waals surface area contributed by atoms with E-state index < -0.39 is 0 Å². The van der Waals surface area contributed by atoms with Gasteiger partial charge in [0.05, 0.1) is 0 Å². The number of rotatable bonds is 8. The van der Waals surface area contributed by atoms with Crippen molar-refractivity contribution < 1.29 is 9.53 Å². The maximum atomic E-state index is 12.0. The number of hydrogen-bond donors (Lipinski definition) is 0. The van der Waals surface area contributed by atoms with Gasteiger partial charge >= 0.3 is 0 Å². The molecule has 0 bridgehead atoms. The van der Waals surface area contributed by atoms with Crippen molar-refractivity contribution in [2.45, 2.75) is 39.2 Å². The number of fused-ring (bicyclic) bond motifs is 1. The molecule has 0 saturated heterocycles. The Morgan fingerprint density at radius 3 is 3.00 bits per heavy atom. The number of carbonyl (C=O) groups excluding carboxylic acids is 1. The van der Waals surface area contributed by atoms with Crippen LogP contribution in [0.15, 0.2) is 18.2 Å². The number of nitrogens with zero attached hydrogens (tertiary/aromatic N) is 2. The first-order valence-corrected chi connectivity index (χ1v) is 8.80. The minimum absolute atomic E-state index is 0.253. The van der Waals surface area contributed by atoms with E-state index in [1.165, 1.54) is 17.7 Å². The summed E-state index contributed by atoms with van der Waals surface area (Å²) >= 11 is 0. The van der Waals surface area contributed by atoms with Crippen LogP contribution in [0.5, 0.6) is 0 Å². The molecule has 1 aromatic carbocycles. The second-order valence-electron chi connectivity index (χ2n) is 6.27. The minimum atomic E-state index is -0.253. The highest BCUT2D eigenvalue weighted by atomic mass is 16.5.